The maximum absolute atomic E-state index is 13.6. The third-order valence-corrected chi connectivity index (χ3v) is 4.05. The van der Waals surface area contributed by atoms with Crippen molar-refractivity contribution >= 4 is 21.8 Å². The van der Waals surface area contributed by atoms with Gasteiger partial charge in [0, 0.05) is 37.6 Å². The molecule has 116 valence electrons. The van der Waals surface area contributed by atoms with E-state index in [0.717, 1.165) is 37.5 Å². The first kappa shape index (κ1) is 16.4. The summed E-state index contributed by atoms with van der Waals surface area (Å²) in [5.41, 5.74) is 0.253. The molecule has 21 heavy (non-hydrogen) atoms. The minimum absolute atomic E-state index is 0.00937. The van der Waals surface area contributed by atoms with Crippen LogP contribution in [-0.2, 0) is 11.2 Å². The zero-order valence-electron chi connectivity index (χ0n) is 11.8. The fourth-order valence-electron chi connectivity index (χ4n) is 2.50. The monoisotopic (exact) mass is 360 g/mol. The molecule has 0 bridgehead atoms. The minimum atomic E-state index is -0.654. The fraction of sp³-hybridized carbons (Fsp3) is 0.533. The largest absolute Gasteiger partial charge is 0.341 e. The van der Waals surface area contributed by atoms with Crippen molar-refractivity contribution in [3.05, 3.63) is 35.4 Å². The maximum atomic E-state index is 13.6. The number of nitrogens with zero attached hydrogens (tertiary/aromatic N) is 2. The van der Waals surface area contributed by atoms with E-state index in [1.165, 1.54) is 12.1 Å². The predicted molar refractivity (Wildman–Crippen MR) is 81.5 cm³/mol. The van der Waals surface area contributed by atoms with E-state index in [-0.39, 0.29) is 17.9 Å². The molecule has 0 spiro atoms. The SMILES string of the molecule is O=C(Cc1ccc(F)cc1F)N1CCCN(CCBr)CC1. The Kier molecular flexibility index (Phi) is 6.11. The lowest BCUT2D eigenvalue weighted by atomic mass is 10.1. The first-order valence-electron chi connectivity index (χ1n) is 7.10. The smallest absolute Gasteiger partial charge is 0.227 e. The average Bonchev–Trinajstić information content (AvgIpc) is 2.68. The van der Waals surface area contributed by atoms with Gasteiger partial charge in [0.25, 0.3) is 0 Å². The highest BCUT2D eigenvalue weighted by molar-refractivity contribution is 9.09. The molecular weight excluding hydrogens is 342 g/mol. The van der Waals surface area contributed by atoms with Gasteiger partial charge in [-0.05, 0) is 24.6 Å². The Morgan fingerprint density at radius 3 is 2.71 bits per heavy atom. The first-order chi connectivity index (χ1) is 10.1. The van der Waals surface area contributed by atoms with E-state index in [9.17, 15) is 13.6 Å². The predicted octanol–water partition coefficient (Wildman–Crippen LogP) is 2.44. The molecule has 1 aliphatic rings. The van der Waals surface area contributed by atoms with Crippen LogP contribution in [0.5, 0.6) is 0 Å². The van der Waals surface area contributed by atoms with E-state index in [2.05, 4.69) is 20.8 Å². The maximum Gasteiger partial charge on any atom is 0.227 e. The van der Waals surface area contributed by atoms with Gasteiger partial charge in [0.1, 0.15) is 11.6 Å². The van der Waals surface area contributed by atoms with Crippen LogP contribution in [0.4, 0.5) is 8.78 Å². The molecule has 0 unspecified atom stereocenters. The van der Waals surface area contributed by atoms with Crippen molar-refractivity contribution < 1.29 is 13.6 Å². The summed E-state index contributed by atoms with van der Waals surface area (Å²) < 4.78 is 26.5. The molecule has 0 atom stereocenters. The van der Waals surface area contributed by atoms with Crippen molar-refractivity contribution in [3.8, 4) is 0 Å². The summed E-state index contributed by atoms with van der Waals surface area (Å²) >= 11 is 3.42. The van der Waals surface area contributed by atoms with Gasteiger partial charge >= 0.3 is 0 Å². The lowest BCUT2D eigenvalue weighted by Gasteiger charge is -2.21. The lowest BCUT2D eigenvalue weighted by molar-refractivity contribution is -0.130. The molecule has 2 rings (SSSR count). The summed E-state index contributed by atoms with van der Waals surface area (Å²) in [6.45, 7) is 4.13. The number of rotatable bonds is 4. The molecule has 0 aliphatic carbocycles. The molecule has 1 saturated heterocycles. The highest BCUT2D eigenvalue weighted by Gasteiger charge is 2.20. The Morgan fingerprint density at radius 2 is 2.00 bits per heavy atom. The molecule has 1 aromatic rings. The third-order valence-electron chi connectivity index (χ3n) is 3.70. The van der Waals surface area contributed by atoms with Gasteiger partial charge in [0.2, 0.25) is 5.91 Å². The molecule has 0 saturated carbocycles. The van der Waals surface area contributed by atoms with Crippen LogP contribution in [0.3, 0.4) is 0 Å². The number of hydrogen-bond donors (Lipinski definition) is 0. The van der Waals surface area contributed by atoms with E-state index in [4.69, 9.17) is 0 Å². The van der Waals surface area contributed by atoms with E-state index >= 15 is 0 Å². The van der Waals surface area contributed by atoms with E-state index in [0.29, 0.717) is 13.1 Å². The molecule has 3 nitrogen and oxygen atoms in total. The van der Waals surface area contributed by atoms with Crippen molar-refractivity contribution in [2.75, 3.05) is 38.1 Å². The van der Waals surface area contributed by atoms with Gasteiger partial charge in [-0.25, -0.2) is 8.78 Å². The van der Waals surface area contributed by atoms with Crippen LogP contribution in [0.15, 0.2) is 18.2 Å². The zero-order chi connectivity index (χ0) is 15.2. The molecule has 1 aromatic carbocycles. The van der Waals surface area contributed by atoms with Crippen LogP contribution in [-0.4, -0.2) is 53.8 Å². The summed E-state index contributed by atoms with van der Waals surface area (Å²) in [4.78, 5) is 16.3. The average molecular weight is 361 g/mol. The summed E-state index contributed by atoms with van der Waals surface area (Å²) in [5.74, 6) is -1.37. The number of carbonyl (C=O) groups excluding carboxylic acids is 1. The van der Waals surface area contributed by atoms with E-state index in [1.807, 2.05) is 0 Å². The summed E-state index contributed by atoms with van der Waals surface area (Å²) in [5, 5.41) is 0.918. The zero-order valence-corrected chi connectivity index (χ0v) is 13.4. The van der Waals surface area contributed by atoms with Crippen molar-refractivity contribution in [2.24, 2.45) is 0 Å². The quantitative estimate of drug-likeness (QED) is 0.770. The standard InChI is InChI=1S/C15H19BrF2N2O/c16-4-7-19-5-1-6-20(9-8-19)15(21)10-12-2-3-13(17)11-14(12)18/h2-3,11H,1,4-10H2. The normalized spacial score (nSPS) is 16.8. The number of carbonyl (C=O) groups is 1. The number of benzene rings is 1. The van der Waals surface area contributed by atoms with Gasteiger partial charge in [0.15, 0.2) is 0 Å². The molecule has 1 fully saturated rings. The molecule has 0 N–H and O–H groups in total. The highest BCUT2D eigenvalue weighted by Crippen LogP contribution is 2.12. The molecule has 1 heterocycles. The van der Waals surface area contributed by atoms with Crippen LogP contribution in [0, 0.1) is 11.6 Å². The number of amides is 1. The Bertz CT molecular complexity index is 499. The van der Waals surface area contributed by atoms with E-state index in [1.54, 1.807) is 4.90 Å². The van der Waals surface area contributed by atoms with Gasteiger partial charge in [-0.15, -0.1) is 0 Å². The Balaban J connectivity index is 1.93. The highest BCUT2D eigenvalue weighted by atomic mass is 79.9. The molecule has 0 aromatic heterocycles. The second-order valence-electron chi connectivity index (χ2n) is 5.18. The molecule has 1 aliphatic heterocycles. The minimum Gasteiger partial charge on any atom is -0.341 e. The van der Waals surface area contributed by atoms with Gasteiger partial charge in [0.05, 0.1) is 6.42 Å². The molecular formula is C15H19BrF2N2O. The number of halogens is 3. The topological polar surface area (TPSA) is 23.6 Å². The van der Waals surface area contributed by atoms with Crippen LogP contribution < -0.4 is 0 Å². The number of hydrogen-bond acceptors (Lipinski definition) is 2. The van der Waals surface area contributed by atoms with Crippen LogP contribution in [0.2, 0.25) is 0 Å². The molecule has 1 amide bonds. The van der Waals surface area contributed by atoms with Gasteiger partial charge in [-0.2, -0.15) is 0 Å². The fourth-order valence-corrected chi connectivity index (χ4v) is 3.00. The Labute approximate surface area is 132 Å². The molecule has 0 radical (unpaired) electrons. The van der Waals surface area contributed by atoms with Crippen molar-refractivity contribution in [1.29, 1.82) is 0 Å². The molecule has 6 heteroatoms. The Hall–Kier alpha value is -1.01. The third kappa shape index (κ3) is 4.74. The summed E-state index contributed by atoms with van der Waals surface area (Å²) in [6, 6.07) is 3.35. The second kappa shape index (κ2) is 7.84. The van der Waals surface area contributed by atoms with Crippen molar-refractivity contribution in [3.63, 3.8) is 0 Å². The lowest BCUT2D eigenvalue weighted by Crippen LogP contribution is -2.36. The van der Waals surface area contributed by atoms with Crippen molar-refractivity contribution in [1.82, 2.24) is 9.80 Å². The van der Waals surface area contributed by atoms with Gasteiger partial charge in [-0.3, -0.25) is 4.79 Å². The van der Waals surface area contributed by atoms with Gasteiger partial charge in [-0.1, -0.05) is 22.0 Å². The van der Waals surface area contributed by atoms with E-state index < -0.39 is 11.6 Å². The van der Waals surface area contributed by atoms with Gasteiger partial charge < -0.3 is 9.80 Å². The Morgan fingerprint density at radius 1 is 1.19 bits per heavy atom. The van der Waals surface area contributed by atoms with Crippen LogP contribution in [0.25, 0.3) is 0 Å². The van der Waals surface area contributed by atoms with Crippen molar-refractivity contribution in [2.45, 2.75) is 12.8 Å². The summed E-state index contributed by atoms with van der Waals surface area (Å²) in [6.07, 6.45) is 0.912. The summed E-state index contributed by atoms with van der Waals surface area (Å²) in [7, 11) is 0. The van der Waals surface area contributed by atoms with Crippen LogP contribution >= 0.6 is 15.9 Å². The number of alkyl halides is 1. The first-order valence-corrected chi connectivity index (χ1v) is 8.22. The second-order valence-corrected chi connectivity index (χ2v) is 5.97. The van der Waals surface area contributed by atoms with Crippen LogP contribution in [0.1, 0.15) is 12.0 Å².